The number of anilines is 1. The third-order valence-electron chi connectivity index (χ3n) is 6.71. The number of hydrogen-bond donors (Lipinski definition) is 2. The molecule has 2 fully saturated rings. The number of hydrogen-bond acceptors (Lipinski definition) is 6. The minimum atomic E-state index is -1.00. The topological polar surface area (TPSA) is 80.1 Å². The maximum atomic E-state index is 14.9. The predicted molar refractivity (Wildman–Crippen MR) is 113 cm³/mol. The van der Waals surface area contributed by atoms with Gasteiger partial charge in [-0.25, -0.2) is 4.39 Å². The molecule has 1 saturated carbocycles. The highest BCUT2D eigenvalue weighted by Crippen LogP contribution is 2.39. The lowest BCUT2D eigenvalue weighted by molar-refractivity contribution is -0.108. The van der Waals surface area contributed by atoms with E-state index in [0.29, 0.717) is 45.6 Å². The van der Waals surface area contributed by atoms with E-state index >= 15 is 0 Å². The lowest BCUT2D eigenvalue weighted by Crippen LogP contribution is -2.55. The van der Waals surface area contributed by atoms with Crippen LogP contribution >= 0.6 is 0 Å². The van der Waals surface area contributed by atoms with Crippen LogP contribution in [0.4, 0.5) is 10.1 Å². The van der Waals surface area contributed by atoms with Gasteiger partial charge in [0.15, 0.2) is 0 Å². The van der Waals surface area contributed by atoms with Crippen LogP contribution in [0.1, 0.15) is 34.5 Å². The molecule has 1 aromatic heterocycles. The highest BCUT2D eigenvalue weighted by Gasteiger charge is 2.50. The van der Waals surface area contributed by atoms with Gasteiger partial charge in [0.25, 0.3) is 5.91 Å². The smallest absolute Gasteiger partial charge is 0.256 e. The SMILES string of the molecule is O=C(c1ccc(N2CCc3cccnc3C2)cc1F)N1CCN(C(O)C2(O)CC2)CC1. The first kappa shape index (κ1) is 20.4. The van der Waals surface area contributed by atoms with E-state index in [2.05, 4.69) is 16.0 Å². The molecule has 1 unspecified atom stereocenters. The Morgan fingerprint density at radius 1 is 1.13 bits per heavy atom. The van der Waals surface area contributed by atoms with Gasteiger partial charge in [-0.15, -0.1) is 0 Å². The van der Waals surface area contributed by atoms with E-state index in [0.717, 1.165) is 24.3 Å². The Morgan fingerprint density at radius 3 is 2.61 bits per heavy atom. The molecule has 7 nitrogen and oxygen atoms in total. The molecule has 2 N–H and O–H groups in total. The molecule has 2 aromatic rings. The van der Waals surface area contributed by atoms with Gasteiger partial charge in [-0.05, 0) is 49.1 Å². The van der Waals surface area contributed by atoms with Crippen molar-refractivity contribution in [3.05, 3.63) is 59.2 Å². The molecular weight excluding hydrogens is 399 g/mol. The molecule has 1 saturated heterocycles. The number of fused-ring (bicyclic) bond motifs is 1. The highest BCUT2D eigenvalue weighted by molar-refractivity contribution is 5.95. The Bertz CT molecular complexity index is 989. The summed E-state index contributed by atoms with van der Waals surface area (Å²) in [6.45, 7) is 3.09. The van der Waals surface area contributed by atoms with Crippen molar-refractivity contribution in [3.8, 4) is 0 Å². The van der Waals surface area contributed by atoms with E-state index in [1.54, 1.807) is 28.1 Å². The van der Waals surface area contributed by atoms with Crippen LogP contribution in [-0.2, 0) is 13.0 Å². The number of pyridine rings is 1. The third kappa shape index (κ3) is 3.91. The van der Waals surface area contributed by atoms with Crippen molar-refractivity contribution >= 4 is 11.6 Å². The Balaban J connectivity index is 1.24. The second-order valence-electron chi connectivity index (χ2n) is 8.75. The van der Waals surface area contributed by atoms with Crippen LogP contribution in [0.15, 0.2) is 36.5 Å². The number of aliphatic hydroxyl groups is 2. The molecule has 1 aliphatic carbocycles. The number of carbonyl (C=O) groups excluding carboxylic acids is 1. The second-order valence-corrected chi connectivity index (χ2v) is 8.75. The largest absolute Gasteiger partial charge is 0.386 e. The van der Waals surface area contributed by atoms with Crippen molar-refractivity contribution in [1.29, 1.82) is 0 Å². The van der Waals surface area contributed by atoms with Crippen molar-refractivity contribution in [2.24, 2.45) is 0 Å². The zero-order valence-corrected chi connectivity index (χ0v) is 17.4. The van der Waals surface area contributed by atoms with Crippen molar-refractivity contribution in [1.82, 2.24) is 14.8 Å². The van der Waals surface area contributed by atoms with Crippen LogP contribution in [0.5, 0.6) is 0 Å². The lowest BCUT2D eigenvalue weighted by Gasteiger charge is -2.38. The van der Waals surface area contributed by atoms with Crippen LogP contribution in [0.3, 0.4) is 0 Å². The van der Waals surface area contributed by atoms with Crippen molar-refractivity contribution in [3.63, 3.8) is 0 Å². The maximum Gasteiger partial charge on any atom is 0.256 e. The highest BCUT2D eigenvalue weighted by atomic mass is 19.1. The predicted octanol–water partition coefficient (Wildman–Crippen LogP) is 1.38. The Labute approximate surface area is 180 Å². The molecule has 0 bridgehead atoms. The quantitative estimate of drug-likeness (QED) is 0.769. The van der Waals surface area contributed by atoms with Crippen molar-refractivity contribution in [2.75, 3.05) is 37.6 Å². The number of carbonyl (C=O) groups is 1. The fourth-order valence-electron chi connectivity index (χ4n) is 4.52. The van der Waals surface area contributed by atoms with Crippen LogP contribution < -0.4 is 4.90 Å². The second kappa shape index (κ2) is 7.85. The molecule has 5 rings (SSSR count). The third-order valence-corrected chi connectivity index (χ3v) is 6.71. The van der Waals surface area contributed by atoms with Crippen LogP contribution in [0.25, 0.3) is 0 Å². The number of piperazine rings is 1. The number of aromatic nitrogens is 1. The van der Waals surface area contributed by atoms with Crippen molar-refractivity contribution < 1.29 is 19.4 Å². The number of rotatable bonds is 4. The standard InChI is InChI=1S/C23H27FN4O3/c24-19-14-17(28-9-5-16-2-1-8-25-20(16)15-28)3-4-18(19)21(29)26-10-12-27(13-11-26)22(30)23(31)6-7-23/h1-4,8,14,22,30-31H,5-7,9-13,15H2. The average Bonchev–Trinajstić information content (AvgIpc) is 3.56. The van der Waals surface area contributed by atoms with Gasteiger partial charge in [0.2, 0.25) is 0 Å². The van der Waals surface area contributed by atoms with Gasteiger partial charge >= 0.3 is 0 Å². The number of nitrogens with zero attached hydrogens (tertiary/aromatic N) is 4. The zero-order valence-electron chi connectivity index (χ0n) is 17.4. The van der Waals surface area contributed by atoms with Gasteiger partial charge in [-0.2, -0.15) is 0 Å². The van der Waals surface area contributed by atoms with Gasteiger partial charge in [0.1, 0.15) is 17.6 Å². The lowest BCUT2D eigenvalue weighted by atomic mass is 10.0. The van der Waals surface area contributed by atoms with Crippen molar-refractivity contribution in [2.45, 2.75) is 37.6 Å². The normalized spacial score (nSPS) is 21.5. The summed E-state index contributed by atoms with van der Waals surface area (Å²) in [4.78, 5) is 22.8. The van der Waals surface area contributed by atoms with E-state index in [-0.39, 0.29) is 11.5 Å². The van der Waals surface area contributed by atoms with Gasteiger partial charge in [-0.1, -0.05) is 6.07 Å². The zero-order chi connectivity index (χ0) is 21.6. The van der Waals surface area contributed by atoms with Gasteiger partial charge in [0.05, 0.1) is 17.8 Å². The molecule has 3 heterocycles. The molecule has 31 heavy (non-hydrogen) atoms. The molecular formula is C23H27FN4O3. The molecule has 2 aliphatic heterocycles. The summed E-state index contributed by atoms with van der Waals surface area (Å²) in [5, 5.41) is 20.4. The molecule has 1 aromatic carbocycles. The monoisotopic (exact) mass is 426 g/mol. The van der Waals surface area contributed by atoms with Gasteiger partial charge in [-0.3, -0.25) is 14.7 Å². The minimum Gasteiger partial charge on any atom is -0.386 e. The fourth-order valence-corrected chi connectivity index (χ4v) is 4.52. The van der Waals surface area contributed by atoms with E-state index < -0.39 is 17.6 Å². The summed E-state index contributed by atoms with van der Waals surface area (Å²) < 4.78 is 14.9. The number of amides is 1. The first-order valence-electron chi connectivity index (χ1n) is 10.9. The fraction of sp³-hybridized carbons (Fsp3) is 0.478. The first-order chi connectivity index (χ1) is 14.9. The molecule has 1 atom stereocenters. The Hall–Kier alpha value is -2.55. The van der Waals surface area contributed by atoms with Gasteiger partial charge in [0, 0.05) is 44.6 Å². The molecule has 1 amide bonds. The molecule has 0 spiro atoms. The Kier molecular flexibility index (Phi) is 5.16. The van der Waals surface area contributed by atoms with Crippen LogP contribution in [-0.4, -0.2) is 75.5 Å². The Morgan fingerprint density at radius 2 is 1.90 bits per heavy atom. The van der Waals surface area contributed by atoms with E-state index in [1.165, 1.54) is 11.6 Å². The number of halogens is 1. The summed E-state index contributed by atoms with van der Waals surface area (Å²) in [6, 6.07) is 8.81. The first-order valence-corrected chi connectivity index (χ1v) is 10.9. The van der Waals surface area contributed by atoms with E-state index in [4.69, 9.17) is 0 Å². The summed E-state index contributed by atoms with van der Waals surface area (Å²) in [7, 11) is 0. The summed E-state index contributed by atoms with van der Waals surface area (Å²) in [6.07, 6.45) is 2.93. The number of aliphatic hydroxyl groups excluding tert-OH is 1. The van der Waals surface area contributed by atoms with Gasteiger partial charge < -0.3 is 20.0 Å². The van der Waals surface area contributed by atoms with Crippen LogP contribution in [0.2, 0.25) is 0 Å². The maximum absolute atomic E-state index is 14.9. The average molecular weight is 426 g/mol. The number of benzene rings is 1. The minimum absolute atomic E-state index is 0.0640. The molecule has 8 heteroatoms. The summed E-state index contributed by atoms with van der Waals surface area (Å²) in [5.74, 6) is -0.863. The van der Waals surface area contributed by atoms with E-state index in [9.17, 15) is 19.4 Å². The summed E-state index contributed by atoms with van der Waals surface area (Å²) in [5.41, 5.74) is 2.04. The summed E-state index contributed by atoms with van der Waals surface area (Å²) >= 11 is 0. The molecule has 3 aliphatic rings. The van der Waals surface area contributed by atoms with E-state index in [1.807, 2.05) is 6.07 Å². The van der Waals surface area contributed by atoms with Crippen LogP contribution in [0, 0.1) is 5.82 Å². The molecule has 0 radical (unpaired) electrons. The molecule has 164 valence electrons.